The lowest BCUT2D eigenvalue weighted by Crippen LogP contribution is -2.28. The van der Waals surface area contributed by atoms with Gasteiger partial charge in [0, 0.05) is 0 Å². The first-order valence-electron chi connectivity index (χ1n) is 4.62. The van der Waals surface area contributed by atoms with Crippen LogP contribution >= 0.6 is 0 Å². The van der Waals surface area contributed by atoms with E-state index in [-0.39, 0.29) is 0 Å². The summed E-state index contributed by atoms with van der Waals surface area (Å²) >= 11 is 0. The van der Waals surface area contributed by atoms with Gasteiger partial charge in [-0.3, -0.25) is 10.1 Å². The average Bonchev–Trinajstić information content (AvgIpc) is 2.15. The van der Waals surface area contributed by atoms with Gasteiger partial charge in [0.05, 0.1) is 12.5 Å². The molecule has 0 radical (unpaired) electrons. The molecule has 0 saturated carbocycles. The molecule has 0 rings (SSSR count). The van der Waals surface area contributed by atoms with E-state index >= 15 is 0 Å². The van der Waals surface area contributed by atoms with Gasteiger partial charge in [0.1, 0.15) is 6.10 Å². The number of ether oxygens (including phenoxy) is 1. The van der Waals surface area contributed by atoms with Crippen LogP contribution in [0.2, 0.25) is 0 Å². The Morgan fingerprint density at radius 3 is 2.43 bits per heavy atom. The van der Waals surface area contributed by atoms with Gasteiger partial charge in [-0.1, -0.05) is 19.9 Å². The Hall–Kier alpha value is -0.870. The van der Waals surface area contributed by atoms with E-state index in [2.05, 4.69) is 11.5 Å². The van der Waals surface area contributed by atoms with Crippen LogP contribution in [-0.2, 0) is 14.4 Å². The molecule has 4 nitrogen and oxygen atoms in total. The molecule has 0 spiro atoms. The third kappa shape index (κ3) is 4.39. The number of rotatable bonds is 6. The Kier molecular flexibility index (Phi) is 6.16. The Labute approximate surface area is 84.4 Å². The molecule has 0 aliphatic heterocycles. The third-order valence-electron chi connectivity index (χ3n) is 1.78. The molecule has 2 atom stereocenters. The molecule has 0 aliphatic carbocycles. The lowest BCUT2D eigenvalue weighted by Gasteiger charge is -2.16. The van der Waals surface area contributed by atoms with Gasteiger partial charge in [0.25, 0.3) is 0 Å². The molecule has 0 unspecified atom stereocenters. The highest BCUT2D eigenvalue weighted by Crippen LogP contribution is 2.10. The first-order valence-corrected chi connectivity index (χ1v) is 4.62. The molecular weight excluding hydrogens is 184 g/mol. The van der Waals surface area contributed by atoms with Gasteiger partial charge in [-0.2, -0.15) is 0 Å². The summed E-state index contributed by atoms with van der Waals surface area (Å²) in [5, 5.41) is 8.44. The van der Waals surface area contributed by atoms with Gasteiger partial charge in [0.15, 0.2) is 0 Å². The Bertz CT molecular complexity index is 189. The van der Waals surface area contributed by atoms with Crippen LogP contribution in [-0.4, -0.2) is 23.9 Å². The summed E-state index contributed by atoms with van der Waals surface area (Å²) in [7, 11) is 0. The van der Waals surface area contributed by atoms with Crippen LogP contribution in [0.5, 0.6) is 0 Å². The maximum atomic E-state index is 11.3. The van der Waals surface area contributed by atoms with Crippen molar-refractivity contribution < 1.29 is 19.7 Å². The van der Waals surface area contributed by atoms with E-state index in [1.807, 2.05) is 13.8 Å². The fourth-order valence-corrected chi connectivity index (χ4v) is 0.853. The van der Waals surface area contributed by atoms with Crippen LogP contribution in [0.1, 0.15) is 20.8 Å². The van der Waals surface area contributed by atoms with E-state index in [0.29, 0.717) is 12.5 Å². The Morgan fingerprint density at radius 2 is 2.07 bits per heavy atom. The molecular formula is C10H18O4. The van der Waals surface area contributed by atoms with Gasteiger partial charge >= 0.3 is 5.97 Å². The first-order chi connectivity index (χ1) is 6.52. The van der Waals surface area contributed by atoms with Crippen LogP contribution in [0, 0.1) is 11.8 Å². The summed E-state index contributed by atoms with van der Waals surface area (Å²) in [5.41, 5.74) is 0. The highest BCUT2D eigenvalue weighted by Gasteiger charge is 2.24. The van der Waals surface area contributed by atoms with Gasteiger partial charge < -0.3 is 4.74 Å². The van der Waals surface area contributed by atoms with Crippen LogP contribution in [0.4, 0.5) is 0 Å². The van der Waals surface area contributed by atoms with Gasteiger partial charge in [0.2, 0.25) is 0 Å². The largest absolute Gasteiger partial charge is 0.465 e. The monoisotopic (exact) mass is 202 g/mol. The molecule has 4 heteroatoms. The summed E-state index contributed by atoms with van der Waals surface area (Å²) in [6, 6.07) is 0. The topological polar surface area (TPSA) is 55.8 Å². The normalized spacial score (nSPS) is 14.9. The minimum absolute atomic E-state index is 0.295. The van der Waals surface area contributed by atoms with Crippen molar-refractivity contribution in [3.05, 3.63) is 12.7 Å². The SMILES string of the molecule is C=C[C@@H](OO)[C@@H](C)C(=O)OCC(C)C. The molecule has 82 valence electrons. The highest BCUT2D eigenvalue weighted by atomic mass is 17.1. The smallest absolute Gasteiger partial charge is 0.311 e. The summed E-state index contributed by atoms with van der Waals surface area (Å²) < 4.78 is 4.97. The zero-order chi connectivity index (χ0) is 11.1. The van der Waals surface area contributed by atoms with Crippen LogP contribution in [0.15, 0.2) is 12.7 Å². The second-order valence-corrected chi connectivity index (χ2v) is 3.62. The predicted octanol–water partition coefficient (Wildman–Crippen LogP) is 1.87. The average molecular weight is 202 g/mol. The zero-order valence-corrected chi connectivity index (χ0v) is 8.90. The molecule has 0 bridgehead atoms. The van der Waals surface area contributed by atoms with Crippen LogP contribution < -0.4 is 0 Å². The molecule has 0 heterocycles. The molecule has 1 N–H and O–H groups in total. The van der Waals surface area contributed by atoms with E-state index in [1.165, 1.54) is 6.08 Å². The second-order valence-electron chi connectivity index (χ2n) is 3.62. The number of hydrogen-bond donors (Lipinski definition) is 1. The van der Waals surface area contributed by atoms with E-state index in [0.717, 1.165) is 0 Å². The summed E-state index contributed by atoms with van der Waals surface area (Å²) in [5.74, 6) is -0.641. The minimum Gasteiger partial charge on any atom is -0.465 e. The number of esters is 1. The molecule has 0 aromatic rings. The molecule has 0 aromatic heterocycles. The minimum atomic E-state index is -0.713. The van der Waals surface area contributed by atoms with Gasteiger partial charge in [-0.05, 0) is 12.8 Å². The summed E-state index contributed by atoms with van der Waals surface area (Å²) in [4.78, 5) is 15.4. The van der Waals surface area contributed by atoms with Crippen molar-refractivity contribution in [2.75, 3.05) is 6.61 Å². The fraction of sp³-hybridized carbons (Fsp3) is 0.700. The van der Waals surface area contributed by atoms with Crippen molar-refractivity contribution in [2.45, 2.75) is 26.9 Å². The standard InChI is InChI=1S/C10H18O4/c1-5-9(14-12)8(4)10(11)13-6-7(2)3/h5,7-9,12H,1,6H2,2-4H3/t8-,9-/m1/s1. The molecule has 0 aromatic carbocycles. The molecule has 0 fully saturated rings. The van der Waals surface area contributed by atoms with Crippen molar-refractivity contribution in [3.8, 4) is 0 Å². The van der Waals surface area contributed by atoms with Crippen LogP contribution in [0.25, 0.3) is 0 Å². The third-order valence-corrected chi connectivity index (χ3v) is 1.78. The van der Waals surface area contributed by atoms with Gasteiger partial charge in [-0.15, -0.1) is 6.58 Å². The second kappa shape index (κ2) is 6.56. The number of carbonyl (C=O) groups excluding carboxylic acids is 1. The molecule has 14 heavy (non-hydrogen) atoms. The van der Waals surface area contributed by atoms with Crippen molar-refractivity contribution in [2.24, 2.45) is 11.8 Å². The number of hydrogen-bond acceptors (Lipinski definition) is 4. The Morgan fingerprint density at radius 1 is 1.50 bits per heavy atom. The van der Waals surface area contributed by atoms with E-state index in [1.54, 1.807) is 6.92 Å². The van der Waals surface area contributed by atoms with E-state index in [9.17, 15) is 4.79 Å². The lowest BCUT2D eigenvalue weighted by molar-refractivity contribution is -0.275. The van der Waals surface area contributed by atoms with Crippen molar-refractivity contribution in [3.63, 3.8) is 0 Å². The zero-order valence-electron chi connectivity index (χ0n) is 8.90. The summed E-state index contributed by atoms with van der Waals surface area (Å²) in [6.45, 7) is 9.33. The molecule has 0 aliphatic rings. The van der Waals surface area contributed by atoms with Crippen molar-refractivity contribution in [1.82, 2.24) is 0 Å². The summed E-state index contributed by atoms with van der Waals surface area (Å²) in [6.07, 6.45) is 0.649. The fourth-order valence-electron chi connectivity index (χ4n) is 0.853. The molecule has 0 saturated heterocycles. The Balaban J connectivity index is 4.03. The number of carbonyl (C=O) groups is 1. The van der Waals surface area contributed by atoms with Crippen LogP contribution in [0.3, 0.4) is 0 Å². The first kappa shape index (κ1) is 13.1. The highest BCUT2D eigenvalue weighted by molar-refractivity contribution is 5.73. The van der Waals surface area contributed by atoms with Crippen molar-refractivity contribution >= 4 is 5.97 Å². The van der Waals surface area contributed by atoms with Crippen molar-refractivity contribution in [1.29, 1.82) is 0 Å². The maximum Gasteiger partial charge on any atom is 0.311 e. The lowest BCUT2D eigenvalue weighted by atomic mass is 10.1. The van der Waals surface area contributed by atoms with E-state index < -0.39 is 18.0 Å². The van der Waals surface area contributed by atoms with Gasteiger partial charge in [-0.25, -0.2) is 4.89 Å². The quantitative estimate of drug-likeness (QED) is 0.309. The molecule has 0 amide bonds. The predicted molar refractivity (Wildman–Crippen MR) is 52.7 cm³/mol. The van der Waals surface area contributed by atoms with E-state index in [4.69, 9.17) is 9.99 Å². The maximum absolute atomic E-state index is 11.3.